The SMILES string of the molecule is NCC1CCC(C(=O)Nc2ccc3sccc3c2)O1. The molecule has 2 atom stereocenters. The Hall–Kier alpha value is -1.43. The number of fused-ring (bicyclic) bond motifs is 1. The quantitative estimate of drug-likeness (QED) is 0.904. The minimum atomic E-state index is -0.369. The summed E-state index contributed by atoms with van der Waals surface area (Å²) in [5.41, 5.74) is 6.36. The van der Waals surface area contributed by atoms with Crippen molar-refractivity contribution in [2.75, 3.05) is 11.9 Å². The van der Waals surface area contributed by atoms with Crippen molar-refractivity contribution in [2.45, 2.75) is 25.0 Å². The van der Waals surface area contributed by atoms with Gasteiger partial charge >= 0.3 is 0 Å². The second-order valence-corrected chi connectivity index (χ2v) is 5.67. The Kier molecular flexibility index (Phi) is 3.50. The molecule has 1 aromatic heterocycles. The number of nitrogens with one attached hydrogen (secondary N) is 1. The summed E-state index contributed by atoms with van der Waals surface area (Å²) in [5, 5.41) is 6.10. The topological polar surface area (TPSA) is 64.4 Å². The molecule has 0 saturated carbocycles. The van der Waals surface area contributed by atoms with Gasteiger partial charge in [0.2, 0.25) is 0 Å². The first-order chi connectivity index (χ1) is 9.26. The molecule has 5 heteroatoms. The molecule has 3 N–H and O–H groups in total. The summed E-state index contributed by atoms with van der Waals surface area (Å²) in [6.07, 6.45) is 1.26. The second kappa shape index (κ2) is 5.28. The first kappa shape index (κ1) is 12.6. The van der Waals surface area contributed by atoms with Gasteiger partial charge in [0.05, 0.1) is 6.10 Å². The Morgan fingerprint density at radius 1 is 1.42 bits per heavy atom. The summed E-state index contributed by atoms with van der Waals surface area (Å²) in [6.45, 7) is 0.477. The predicted molar refractivity (Wildman–Crippen MR) is 77.4 cm³/mol. The highest BCUT2D eigenvalue weighted by atomic mass is 32.1. The zero-order valence-electron chi connectivity index (χ0n) is 10.5. The summed E-state index contributed by atoms with van der Waals surface area (Å²) in [5.74, 6) is -0.0782. The maximum atomic E-state index is 12.1. The molecule has 4 nitrogen and oxygen atoms in total. The molecule has 2 aromatic rings. The molecule has 0 spiro atoms. The number of hydrogen-bond acceptors (Lipinski definition) is 4. The number of thiophene rings is 1. The largest absolute Gasteiger partial charge is 0.364 e. The molecule has 0 bridgehead atoms. The van der Waals surface area contributed by atoms with Crippen molar-refractivity contribution in [1.82, 2.24) is 0 Å². The van der Waals surface area contributed by atoms with E-state index >= 15 is 0 Å². The van der Waals surface area contributed by atoms with Gasteiger partial charge in [-0.3, -0.25) is 4.79 Å². The van der Waals surface area contributed by atoms with Gasteiger partial charge in [0.15, 0.2) is 0 Å². The third-order valence-electron chi connectivity index (χ3n) is 3.38. The van der Waals surface area contributed by atoms with Crippen LogP contribution in [0.1, 0.15) is 12.8 Å². The lowest BCUT2D eigenvalue weighted by atomic mass is 10.2. The molecule has 1 amide bonds. The summed E-state index contributed by atoms with van der Waals surface area (Å²) < 4.78 is 6.80. The van der Waals surface area contributed by atoms with Crippen molar-refractivity contribution in [3.05, 3.63) is 29.6 Å². The van der Waals surface area contributed by atoms with Crippen LogP contribution in [0.2, 0.25) is 0 Å². The van der Waals surface area contributed by atoms with Crippen LogP contribution in [0.4, 0.5) is 5.69 Å². The van der Waals surface area contributed by atoms with Crippen LogP contribution in [-0.4, -0.2) is 24.7 Å². The molecule has 1 fully saturated rings. The first-order valence-corrected chi connectivity index (χ1v) is 7.28. The predicted octanol–water partition coefficient (Wildman–Crippen LogP) is 2.35. The number of hydrogen-bond donors (Lipinski definition) is 2. The molecule has 1 saturated heterocycles. The summed E-state index contributed by atoms with van der Waals surface area (Å²) in [6, 6.07) is 7.98. The molecule has 3 rings (SSSR count). The molecule has 100 valence electrons. The molecule has 1 aliphatic rings. The van der Waals surface area contributed by atoms with Crippen molar-refractivity contribution in [3.8, 4) is 0 Å². The van der Waals surface area contributed by atoms with E-state index in [1.807, 2.05) is 29.6 Å². The van der Waals surface area contributed by atoms with Gasteiger partial charge in [-0.05, 0) is 47.9 Å². The Bertz CT molecular complexity index is 596. The number of carbonyl (C=O) groups excluding carboxylic acids is 1. The van der Waals surface area contributed by atoms with Gasteiger partial charge in [-0.1, -0.05) is 0 Å². The highest BCUT2D eigenvalue weighted by molar-refractivity contribution is 7.17. The summed E-state index contributed by atoms with van der Waals surface area (Å²) in [7, 11) is 0. The van der Waals surface area contributed by atoms with Gasteiger partial charge in [0.1, 0.15) is 6.10 Å². The van der Waals surface area contributed by atoms with Gasteiger partial charge in [-0.25, -0.2) is 0 Å². The van der Waals surface area contributed by atoms with E-state index in [-0.39, 0.29) is 18.1 Å². The fourth-order valence-electron chi connectivity index (χ4n) is 2.34. The molecular formula is C14H16N2O2S. The molecular weight excluding hydrogens is 260 g/mol. The number of anilines is 1. The van der Waals surface area contributed by atoms with Crippen molar-refractivity contribution in [3.63, 3.8) is 0 Å². The van der Waals surface area contributed by atoms with Crippen LogP contribution in [0.15, 0.2) is 29.6 Å². The number of amides is 1. The lowest BCUT2D eigenvalue weighted by molar-refractivity contribution is -0.126. The van der Waals surface area contributed by atoms with Crippen LogP contribution >= 0.6 is 11.3 Å². The number of ether oxygens (including phenoxy) is 1. The standard InChI is InChI=1S/C14H16N2O2S/c15-8-11-2-3-12(18-11)14(17)16-10-1-4-13-9(7-10)5-6-19-13/h1,4-7,11-12H,2-3,8,15H2,(H,16,17). The van der Waals surface area contributed by atoms with E-state index in [1.165, 1.54) is 4.70 Å². The molecule has 0 radical (unpaired) electrons. The Morgan fingerprint density at radius 2 is 2.32 bits per heavy atom. The molecule has 2 unspecified atom stereocenters. The third kappa shape index (κ3) is 2.63. The lowest BCUT2D eigenvalue weighted by Crippen LogP contribution is -2.29. The number of rotatable bonds is 3. The highest BCUT2D eigenvalue weighted by Gasteiger charge is 2.29. The number of nitrogens with two attached hydrogens (primary N) is 1. The minimum Gasteiger partial charge on any atom is -0.364 e. The molecule has 19 heavy (non-hydrogen) atoms. The van der Waals surface area contributed by atoms with E-state index in [9.17, 15) is 4.79 Å². The zero-order valence-corrected chi connectivity index (χ0v) is 11.3. The van der Waals surface area contributed by atoms with Crippen molar-refractivity contribution in [1.29, 1.82) is 0 Å². The van der Waals surface area contributed by atoms with Crippen LogP contribution in [-0.2, 0) is 9.53 Å². The molecule has 1 aliphatic heterocycles. The maximum Gasteiger partial charge on any atom is 0.253 e. The molecule has 0 aliphatic carbocycles. The van der Waals surface area contributed by atoms with E-state index < -0.39 is 0 Å². The average molecular weight is 276 g/mol. The monoisotopic (exact) mass is 276 g/mol. The van der Waals surface area contributed by atoms with Crippen LogP contribution in [0.25, 0.3) is 10.1 Å². The van der Waals surface area contributed by atoms with Crippen LogP contribution in [0.3, 0.4) is 0 Å². The molecule has 1 aromatic carbocycles. The van der Waals surface area contributed by atoms with Crippen molar-refractivity contribution < 1.29 is 9.53 Å². The van der Waals surface area contributed by atoms with Gasteiger partial charge in [-0.2, -0.15) is 0 Å². The normalized spacial score (nSPS) is 22.8. The Labute approximate surface area is 115 Å². The average Bonchev–Trinajstić information content (AvgIpc) is 3.06. The van der Waals surface area contributed by atoms with E-state index in [0.717, 1.165) is 23.9 Å². The van der Waals surface area contributed by atoms with E-state index in [0.29, 0.717) is 6.54 Å². The Morgan fingerprint density at radius 3 is 3.11 bits per heavy atom. The van der Waals surface area contributed by atoms with Crippen LogP contribution in [0.5, 0.6) is 0 Å². The highest BCUT2D eigenvalue weighted by Crippen LogP contribution is 2.25. The smallest absolute Gasteiger partial charge is 0.253 e. The fourth-order valence-corrected chi connectivity index (χ4v) is 3.11. The van der Waals surface area contributed by atoms with Gasteiger partial charge in [0.25, 0.3) is 5.91 Å². The van der Waals surface area contributed by atoms with Gasteiger partial charge in [0, 0.05) is 16.9 Å². The number of benzene rings is 1. The number of carbonyl (C=O) groups is 1. The zero-order chi connectivity index (χ0) is 13.2. The van der Waals surface area contributed by atoms with Gasteiger partial charge in [-0.15, -0.1) is 11.3 Å². The summed E-state index contributed by atoms with van der Waals surface area (Å²) in [4.78, 5) is 12.1. The maximum absolute atomic E-state index is 12.1. The fraction of sp³-hybridized carbons (Fsp3) is 0.357. The van der Waals surface area contributed by atoms with E-state index in [2.05, 4.69) is 5.32 Å². The van der Waals surface area contributed by atoms with Crippen molar-refractivity contribution >= 4 is 33.0 Å². The minimum absolute atomic E-state index is 0.0232. The van der Waals surface area contributed by atoms with Crippen molar-refractivity contribution in [2.24, 2.45) is 5.73 Å². The second-order valence-electron chi connectivity index (χ2n) is 4.72. The summed E-state index contributed by atoms with van der Waals surface area (Å²) >= 11 is 1.69. The first-order valence-electron chi connectivity index (χ1n) is 6.40. The Balaban J connectivity index is 1.68. The van der Waals surface area contributed by atoms with E-state index in [4.69, 9.17) is 10.5 Å². The van der Waals surface area contributed by atoms with Crippen LogP contribution in [0, 0.1) is 0 Å². The third-order valence-corrected chi connectivity index (χ3v) is 4.28. The molecule has 2 heterocycles. The van der Waals surface area contributed by atoms with Crippen LogP contribution < -0.4 is 11.1 Å². The van der Waals surface area contributed by atoms with Gasteiger partial charge < -0.3 is 15.8 Å². The van der Waals surface area contributed by atoms with E-state index in [1.54, 1.807) is 11.3 Å². The lowest BCUT2D eigenvalue weighted by Gasteiger charge is -2.12.